The Balaban J connectivity index is 1.51. The minimum Gasteiger partial charge on any atom is -0.445 e. The van der Waals surface area contributed by atoms with Crippen molar-refractivity contribution in [2.75, 3.05) is 20.3 Å². The molecule has 1 saturated heterocycles. The molecule has 3 aliphatic rings. The summed E-state index contributed by atoms with van der Waals surface area (Å²) in [5.41, 5.74) is 2.04. The lowest BCUT2D eigenvalue weighted by Gasteiger charge is -2.39. The molecule has 1 amide bonds. The molecule has 4 rings (SSSR count). The van der Waals surface area contributed by atoms with Crippen molar-refractivity contribution in [1.29, 1.82) is 0 Å². The van der Waals surface area contributed by atoms with E-state index in [9.17, 15) is 4.79 Å². The molecule has 0 N–H and O–H groups in total. The summed E-state index contributed by atoms with van der Waals surface area (Å²) in [5.74, 6) is 0.453. The Hall–Kier alpha value is -2.40. The maximum atomic E-state index is 12.8. The number of likely N-dealkylation sites (tertiary alicyclic amines) is 1. The van der Waals surface area contributed by atoms with Crippen LogP contribution in [0.15, 0.2) is 59.6 Å². The predicted molar refractivity (Wildman–Crippen MR) is 100 cm³/mol. The number of methoxy groups -OCH3 is 1. The molecule has 5 nitrogen and oxygen atoms in total. The Bertz CT molecular complexity index is 741. The number of fused-ring (bicyclic) bond motifs is 3. The number of ether oxygens (including phenoxy) is 2. The normalized spacial score (nSPS) is 29.1. The van der Waals surface area contributed by atoms with Gasteiger partial charge in [0.1, 0.15) is 6.61 Å². The topological polar surface area (TPSA) is 51.1 Å². The van der Waals surface area contributed by atoms with Gasteiger partial charge in [0.2, 0.25) is 0 Å². The summed E-state index contributed by atoms with van der Waals surface area (Å²) in [6.07, 6.45) is 8.96. The van der Waals surface area contributed by atoms with Gasteiger partial charge in [-0.1, -0.05) is 48.6 Å². The largest absolute Gasteiger partial charge is 0.445 e. The van der Waals surface area contributed by atoms with Crippen molar-refractivity contribution in [3.8, 4) is 0 Å². The first-order valence-corrected chi connectivity index (χ1v) is 9.17. The number of rotatable bonds is 4. The van der Waals surface area contributed by atoms with Gasteiger partial charge in [0, 0.05) is 31.2 Å². The number of amides is 1. The number of nitrogens with zero attached hydrogens (tertiary/aromatic N) is 2. The quantitative estimate of drug-likeness (QED) is 0.836. The summed E-state index contributed by atoms with van der Waals surface area (Å²) in [7, 11) is 1.71. The van der Waals surface area contributed by atoms with Crippen LogP contribution in [-0.2, 0) is 16.1 Å². The van der Waals surface area contributed by atoms with Gasteiger partial charge in [0.15, 0.2) is 0 Å². The van der Waals surface area contributed by atoms with E-state index in [1.54, 1.807) is 7.11 Å². The third kappa shape index (κ3) is 3.19. The van der Waals surface area contributed by atoms with E-state index in [-0.39, 0.29) is 24.1 Å². The zero-order chi connectivity index (χ0) is 17.9. The van der Waals surface area contributed by atoms with Gasteiger partial charge >= 0.3 is 6.09 Å². The molecular weight excluding hydrogens is 328 g/mol. The highest BCUT2D eigenvalue weighted by Gasteiger charge is 2.49. The average molecular weight is 352 g/mol. The van der Waals surface area contributed by atoms with Crippen LogP contribution >= 0.6 is 0 Å². The number of allylic oxidation sites excluding steroid dienone is 3. The highest BCUT2D eigenvalue weighted by Crippen LogP contribution is 2.40. The van der Waals surface area contributed by atoms with Gasteiger partial charge in [-0.15, -0.1) is 0 Å². The highest BCUT2D eigenvalue weighted by atomic mass is 16.6. The van der Waals surface area contributed by atoms with Crippen LogP contribution in [0.5, 0.6) is 0 Å². The Morgan fingerprint density at radius 2 is 2.12 bits per heavy atom. The lowest BCUT2D eigenvalue weighted by atomic mass is 9.77. The molecule has 1 fully saturated rings. The number of hydrogen-bond donors (Lipinski definition) is 0. The standard InChI is InChI=1S/C21H24N2O3/c1-25-14-19-17-11-12-23(20(17)16-9-5-6-10-18(16)22-19)21(24)26-13-15-7-3-2-4-8-15/h2-10,16-17,19-20H,11-14H2,1H3/t16-,17+,19-,20-/m0/s1. The number of hydrogen-bond acceptors (Lipinski definition) is 4. The minimum atomic E-state index is -0.235. The van der Waals surface area contributed by atoms with Crippen LogP contribution in [0, 0.1) is 11.8 Å². The predicted octanol–water partition coefficient (Wildman–Crippen LogP) is 3.23. The van der Waals surface area contributed by atoms with Gasteiger partial charge < -0.3 is 14.4 Å². The molecule has 26 heavy (non-hydrogen) atoms. The first-order valence-electron chi connectivity index (χ1n) is 9.17. The Morgan fingerprint density at radius 1 is 1.27 bits per heavy atom. The van der Waals surface area contributed by atoms with E-state index in [4.69, 9.17) is 14.5 Å². The third-order valence-electron chi connectivity index (χ3n) is 5.49. The molecule has 4 atom stereocenters. The third-order valence-corrected chi connectivity index (χ3v) is 5.49. The maximum absolute atomic E-state index is 12.8. The van der Waals surface area contributed by atoms with Gasteiger partial charge in [-0.2, -0.15) is 0 Å². The smallest absolute Gasteiger partial charge is 0.410 e. The molecule has 0 unspecified atom stereocenters. The van der Waals surface area contributed by atoms with Gasteiger partial charge in [-0.25, -0.2) is 4.79 Å². The Kier molecular flexibility index (Phi) is 4.89. The number of carbonyl (C=O) groups is 1. The molecule has 0 radical (unpaired) electrons. The van der Waals surface area contributed by atoms with E-state index in [1.165, 1.54) is 0 Å². The number of aliphatic imine (C=N–C) groups is 1. The molecule has 0 bridgehead atoms. The summed E-state index contributed by atoms with van der Waals surface area (Å²) < 4.78 is 11.0. The van der Waals surface area contributed by atoms with E-state index >= 15 is 0 Å². The fourth-order valence-electron chi connectivity index (χ4n) is 4.32. The summed E-state index contributed by atoms with van der Waals surface area (Å²) in [6.45, 7) is 1.60. The van der Waals surface area contributed by atoms with E-state index in [0.717, 1.165) is 17.7 Å². The van der Waals surface area contributed by atoms with Crippen molar-refractivity contribution < 1.29 is 14.3 Å². The van der Waals surface area contributed by atoms with E-state index in [2.05, 4.69) is 12.2 Å². The summed E-state index contributed by atoms with van der Waals surface area (Å²) in [4.78, 5) is 19.6. The van der Waals surface area contributed by atoms with Crippen molar-refractivity contribution in [3.05, 3.63) is 60.2 Å². The van der Waals surface area contributed by atoms with Crippen LogP contribution in [0.4, 0.5) is 4.79 Å². The first-order chi connectivity index (χ1) is 12.8. The monoisotopic (exact) mass is 352 g/mol. The van der Waals surface area contributed by atoms with E-state index in [1.807, 2.05) is 47.4 Å². The molecule has 136 valence electrons. The first kappa shape index (κ1) is 17.0. The summed E-state index contributed by atoms with van der Waals surface area (Å²) in [6, 6.07) is 9.98. The molecule has 1 aliphatic carbocycles. The number of carbonyl (C=O) groups excluding carboxylic acids is 1. The molecule has 2 heterocycles. The molecule has 0 saturated carbocycles. The van der Waals surface area contributed by atoms with Crippen LogP contribution in [0.25, 0.3) is 0 Å². The second-order valence-electron chi connectivity index (χ2n) is 7.02. The highest BCUT2D eigenvalue weighted by molar-refractivity contribution is 6.00. The Morgan fingerprint density at radius 3 is 2.92 bits per heavy atom. The minimum absolute atomic E-state index is 0.0899. The van der Waals surface area contributed by atoms with Gasteiger partial charge in [0.05, 0.1) is 18.7 Å². The molecule has 0 spiro atoms. The zero-order valence-electron chi connectivity index (χ0n) is 15.0. The molecule has 2 aliphatic heterocycles. The van der Waals surface area contributed by atoms with Crippen LogP contribution in [0.2, 0.25) is 0 Å². The van der Waals surface area contributed by atoms with Crippen molar-refractivity contribution in [2.24, 2.45) is 16.8 Å². The molecule has 1 aromatic rings. The molecule has 1 aromatic carbocycles. The van der Waals surface area contributed by atoms with Crippen molar-refractivity contribution in [3.63, 3.8) is 0 Å². The fourth-order valence-corrected chi connectivity index (χ4v) is 4.32. The lowest BCUT2D eigenvalue weighted by molar-refractivity contribution is 0.0764. The van der Waals surface area contributed by atoms with Crippen LogP contribution in [-0.4, -0.2) is 49.0 Å². The zero-order valence-corrected chi connectivity index (χ0v) is 15.0. The molecular formula is C21H24N2O3. The van der Waals surface area contributed by atoms with Crippen LogP contribution < -0.4 is 0 Å². The maximum Gasteiger partial charge on any atom is 0.410 e. The van der Waals surface area contributed by atoms with E-state index < -0.39 is 0 Å². The molecule has 0 aromatic heterocycles. The summed E-state index contributed by atoms with van der Waals surface area (Å²) >= 11 is 0. The summed E-state index contributed by atoms with van der Waals surface area (Å²) in [5, 5.41) is 0. The fraction of sp³-hybridized carbons (Fsp3) is 0.429. The van der Waals surface area contributed by atoms with Crippen molar-refractivity contribution in [1.82, 2.24) is 4.90 Å². The Labute approximate surface area is 154 Å². The SMILES string of the molecule is COC[C@@H]1N=C2C=CC=C[C@@H]2[C@H]2[C@@H]1CCN2C(=O)OCc1ccccc1. The second-order valence-corrected chi connectivity index (χ2v) is 7.02. The van der Waals surface area contributed by atoms with Crippen LogP contribution in [0.3, 0.4) is 0 Å². The van der Waals surface area contributed by atoms with Gasteiger partial charge in [0.25, 0.3) is 0 Å². The van der Waals surface area contributed by atoms with Gasteiger partial charge in [-0.3, -0.25) is 4.99 Å². The molecule has 5 heteroatoms. The average Bonchev–Trinajstić information content (AvgIpc) is 3.13. The van der Waals surface area contributed by atoms with Crippen LogP contribution in [0.1, 0.15) is 12.0 Å². The lowest BCUT2D eigenvalue weighted by Crippen LogP contribution is -2.51. The van der Waals surface area contributed by atoms with Crippen molar-refractivity contribution in [2.45, 2.75) is 25.1 Å². The van der Waals surface area contributed by atoms with Gasteiger partial charge in [-0.05, 0) is 18.1 Å². The van der Waals surface area contributed by atoms with E-state index in [0.29, 0.717) is 25.7 Å². The number of benzene rings is 1. The second kappa shape index (κ2) is 7.46. The van der Waals surface area contributed by atoms with Crippen molar-refractivity contribution >= 4 is 11.8 Å².